The van der Waals surface area contributed by atoms with Crippen LogP contribution in [0, 0.1) is 0 Å². The highest BCUT2D eigenvalue weighted by Gasteiger charge is 2.44. The number of carbonyl (C=O) groups is 1. The number of unbranched alkanes of at least 4 members (excludes halogenated alkanes) is 2. The van der Waals surface area contributed by atoms with Crippen molar-refractivity contribution >= 4 is 73.0 Å². The smallest absolute Gasteiger partial charge is 0.335 e. The number of rotatable bonds is 22. The third-order valence-electron chi connectivity index (χ3n) is 10.7. The Balaban J connectivity index is 1.56. The van der Waals surface area contributed by atoms with Gasteiger partial charge < -0.3 is 10.0 Å². The van der Waals surface area contributed by atoms with E-state index in [1.54, 1.807) is 30.3 Å². The Morgan fingerprint density at radius 1 is 0.839 bits per heavy atom. The van der Waals surface area contributed by atoms with Gasteiger partial charge in [0.05, 0.1) is 33.7 Å². The van der Waals surface area contributed by atoms with Crippen LogP contribution in [0.15, 0.2) is 113 Å². The molecular weight excluding hydrogens is 885 g/mol. The molecule has 0 aliphatic carbocycles. The molecule has 0 saturated carbocycles. The summed E-state index contributed by atoms with van der Waals surface area (Å²) in [5, 5.41) is 34.5. The van der Waals surface area contributed by atoms with Gasteiger partial charge in [0.2, 0.25) is 5.69 Å². The zero-order valence-electron chi connectivity index (χ0n) is 34.3. The molecule has 0 saturated heterocycles. The first-order valence-corrected chi connectivity index (χ1v) is 24.0. The summed E-state index contributed by atoms with van der Waals surface area (Å²) in [6.45, 7) is 8.97. The van der Waals surface area contributed by atoms with Crippen molar-refractivity contribution in [3.05, 3.63) is 125 Å². The number of fused-ring (bicyclic) bond motifs is 2. The molecule has 334 valence electrons. The van der Waals surface area contributed by atoms with Crippen LogP contribution >= 0.6 is 24.1 Å². The second-order valence-corrected chi connectivity index (χ2v) is 20.0. The number of anilines is 1. The van der Waals surface area contributed by atoms with E-state index in [0.717, 1.165) is 52.4 Å². The lowest BCUT2D eigenvalue weighted by Gasteiger charge is -2.27. The molecule has 0 unspecified atom stereocenters. The standard InChI is InChI=1S/C42H48N2O14S4/c1-41(2)34-27-32(60-58-56-48)18-20-36(34)44(23-6-8-25-61(49,50)51)38(41)16-10-12-29(30-14-9-15-31(26-30)40(45)46)13-11-17-39-42(3,4)35-28-33(62(52,53)54)19-21-37(35)43(39)22-5-7-24-59-57-55-47/h9-21,26-28H,5-8,22-25H2,1-4H3,(H4-,45,46,47,48,49,50,51,52,53,54)/p+1. The predicted octanol–water partition coefficient (Wildman–Crippen LogP) is 8.83. The quantitative estimate of drug-likeness (QED) is 0.0120. The normalized spacial score (nSPS) is 16.9. The molecule has 2 aliphatic heterocycles. The molecule has 0 amide bonds. The lowest BCUT2D eigenvalue weighted by Crippen LogP contribution is -2.28. The zero-order valence-corrected chi connectivity index (χ0v) is 37.6. The van der Waals surface area contributed by atoms with Crippen LogP contribution < -0.4 is 4.90 Å². The fraction of sp³-hybridized carbons (Fsp3) is 0.333. The number of aromatic carboxylic acids is 1. The molecule has 2 aliphatic rings. The van der Waals surface area contributed by atoms with Gasteiger partial charge in [0.25, 0.3) is 20.2 Å². The summed E-state index contributed by atoms with van der Waals surface area (Å²) in [5.41, 5.74) is 5.08. The fourth-order valence-electron chi connectivity index (χ4n) is 7.66. The van der Waals surface area contributed by atoms with Crippen molar-refractivity contribution in [3.63, 3.8) is 0 Å². The van der Waals surface area contributed by atoms with Gasteiger partial charge in [-0.2, -0.15) is 21.4 Å². The van der Waals surface area contributed by atoms with Crippen LogP contribution in [0.2, 0.25) is 0 Å². The molecule has 3 aromatic carbocycles. The maximum Gasteiger partial charge on any atom is 0.335 e. The lowest BCUT2D eigenvalue weighted by atomic mass is 9.81. The monoisotopic (exact) mass is 933 g/mol. The average molecular weight is 934 g/mol. The van der Waals surface area contributed by atoms with E-state index in [0.29, 0.717) is 59.7 Å². The lowest BCUT2D eigenvalue weighted by molar-refractivity contribution is -0.438. The summed E-state index contributed by atoms with van der Waals surface area (Å²) < 4.78 is 77.7. The summed E-state index contributed by atoms with van der Waals surface area (Å²) in [7, 11) is -8.61. The van der Waals surface area contributed by atoms with Crippen molar-refractivity contribution in [2.24, 2.45) is 0 Å². The Morgan fingerprint density at radius 2 is 1.58 bits per heavy atom. The Hall–Kier alpha value is -4.16. The molecule has 20 heteroatoms. The number of carboxylic acids is 1. The minimum atomic E-state index is -4.48. The minimum Gasteiger partial charge on any atom is -0.478 e. The summed E-state index contributed by atoms with van der Waals surface area (Å²) >= 11 is 1.78. The topological polar surface area (TPSA) is 230 Å². The van der Waals surface area contributed by atoms with Crippen molar-refractivity contribution in [1.82, 2.24) is 0 Å². The molecule has 62 heavy (non-hydrogen) atoms. The molecule has 5 N–H and O–H groups in total. The largest absolute Gasteiger partial charge is 0.478 e. The molecule has 0 bridgehead atoms. The van der Waals surface area contributed by atoms with Gasteiger partial charge in [-0.25, -0.2) is 15.3 Å². The van der Waals surface area contributed by atoms with Crippen LogP contribution in [0.4, 0.5) is 11.4 Å². The van der Waals surface area contributed by atoms with Crippen LogP contribution in [0.25, 0.3) is 5.57 Å². The third kappa shape index (κ3) is 12.1. The van der Waals surface area contributed by atoms with E-state index >= 15 is 0 Å². The molecular formula is C42H49N2O14S4+. The highest BCUT2D eigenvalue weighted by molar-refractivity contribution is 7.94. The van der Waals surface area contributed by atoms with Gasteiger partial charge in [0.1, 0.15) is 6.54 Å². The van der Waals surface area contributed by atoms with Crippen LogP contribution in [-0.4, -0.2) is 82.4 Å². The van der Waals surface area contributed by atoms with Gasteiger partial charge in [-0.1, -0.05) is 60.4 Å². The summed E-state index contributed by atoms with van der Waals surface area (Å²) in [6.07, 6.45) is 13.3. The second kappa shape index (κ2) is 21.0. The van der Waals surface area contributed by atoms with Gasteiger partial charge >= 0.3 is 5.97 Å². The van der Waals surface area contributed by atoms with E-state index in [4.69, 9.17) is 10.5 Å². The van der Waals surface area contributed by atoms with Crippen LogP contribution in [0.1, 0.15) is 80.4 Å². The van der Waals surface area contributed by atoms with Gasteiger partial charge in [-0.15, -0.1) is 8.67 Å². The van der Waals surface area contributed by atoms with Crippen molar-refractivity contribution in [3.8, 4) is 0 Å². The van der Waals surface area contributed by atoms with Gasteiger partial charge in [-0.05, 0) is 98.4 Å². The van der Waals surface area contributed by atoms with Crippen molar-refractivity contribution in [2.45, 2.75) is 74.0 Å². The van der Waals surface area contributed by atoms with E-state index in [1.165, 1.54) is 18.2 Å². The Morgan fingerprint density at radius 3 is 2.27 bits per heavy atom. The second-order valence-electron chi connectivity index (χ2n) is 15.4. The molecule has 3 aromatic rings. The number of benzene rings is 3. The average Bonchev–Trinajstić information content (AvgIpc) is 3.55. The predicted molar refractivity (Wildman–Crippen MR) is 236 cm³/mol. The first-order chi connectivity index (χ1) is 29.3. The molecule has 0 radical (unpaired) electrons. The zero-order chi connectivity index (χ0) is 45.3. The van der Waals surface area contributed by atoms with E-state index < -0.39 is 37.0 Å². The Bertz CT molecular complexity index is 2510. The Kier molecular flexibility index (Phi) is 16.6. The summed E-state index contributed by atoms with van der Waals surface area (Å²) in [4.78, 5) is 14.6. The molecule has 5 rings (SSSR count). The number of hydrogen-bond donors (Lipinski definition) is 5. The highest BCUT2D eigenvalue weighted by Crippen LogP contribution is 2.49. The highest BCUT2D eigenvalue weighted by atomic mass is 32.2. The van der Waals surface area contributed by atoms with E-state index in [2.05, 4.69) is 28.2 Å². The third-order valence-corrected chi connectivity index (χ3v) is 13.5. The van der Waals surface area contributed by atoms with Gasteiger partial charge in [-0.3, -0.25) is 9.11 Å². The van der Waals surface area contributed by atoms with Crippen LogP contribution in [0.5, 0.6) is 0 Å². The molecule has 2 heterocycles. The molecule has 0 spiro atoms. The molecule has 0 fully saturated rings. The first-order valence-electron chi connectivity index (χ1n) is 19.3. The van der Waals surface area contributed by atoms with Gasteiger partial charge in [0, 0.05) is 70.2 Å². The van der Waals surface area contributed by atoms with Crippen LogP contribution in [0.3, 0.4) is 0 Å². The number of hydrogen-bond acceptors (Lipinski definition) is 14. The van der Waals surface area contributed by atoms with Crippen molar-refractivity contribution in [2.75, 3.05) is 29.5 Å². The number of carboxylic acid groups (broad SMARTS) is 1. The van der Waals surface area contributed by atoms with E-state index in [9.17, 15) is 35.8 Å². The molecule has 0 atom stereocenters. The summed E-state index contributed by atoms with van der Waals surface area (Å²) in [6, 6.07) is 16.6. The van der Waals surface area contributed by atoms with Gasteiger partial charge in [0.15, 0.2) is 5.71 Å². The van der Waals surface area contributed by atoms with E-state index in [-0.39, 0.29) is 22.6 Å². The first kappa shape index (κ1) is 48.9. The number of allylic oxidation sites excluding steroid dienone is 8. The maximum absolute atomic E-state index is 12.1. The SMILES string of the molecule is CC1(C)C(/C=C/C=C(/C=C/C=C2/N(CCCCSOOO)c3ccc(S(=O)(=O)O)cc3C2(C)C)c2cccc(C(=O)O)c2)=[N+](CCCCS(=O)(=O)O)c2ccc(SOOO)cc21. The summed E-state index contributed by atoms with van der Waals surface area (Å²) in [5.74, 6) is -0.930. The van der Waals surface area contributed by atoms with Crippen molar-refractivity contribution in [1.29, 1.82) is 0 Å². The molecule has 16 nitrogen and oxygen atoms in total. The minimum absolute atomic E-state index is 0.0912. The van der Waals surface area contributed by atoms with Crippen LogP contribution in [-0.2, 0) is 49.8 Å². The Labute approximate surface area is 369 Å². The van der Waals surface area contributed by atoms with Crippen molar-refractivity contribution < 1.29 is 69.7 Å². The maximum atomic E-state index is 12.1. The molecule has 0 aromatic heterocycles. The fourth-order valence-corrected chi connectivity index (χ4v) is 9.57. The van der Waals surface area contributed by atoms with E-state index in [1.807, 2.05) is 76.3 Å². The number of nitrogens with zero attached hydrogens (tertiary/aromatic N) is 2.